The molecule has 0 unspecified atom stereocenters. The normalized spacial score (nSPS) is 12.2. The lowest BCUT2D eigenvalue weighted by Crippen LogP contribution is -2.16. The fourth-order valence-electron chi connectivity index (χ4n) is 2.23. The third-order valence-electron chi connectivity index (χ3n) is 3.15. The molecular formula is C14H19NS. The second-order valence-corrected chi connectivity index (χ2v) is 6.28. The SMILES string of the molecule is CCCC(C)(C)c1ccc2sc(C)nc2c1. The Bertz CT molecular complexity index is 496. The Balaban J connectivity index is 2.45. The zero-order valence-corrected chi connectivity index (χ0v) is 11.3. The number of nitrogens with zero attached hydrogens (tertiary/aromatic N) is 1. The number of aryl methyl sites for hydroxylation is 1. The fourth-order valence-corrected chi connectivity index (χ4v) is 3.04. The summed E-state index contributed by atoms with van der Waals surface area (Å²) >= 11 is 1.77. The van der Waals surface area contributed by atoms with Crippen LogP contribution in [0.1, 0.15) is 44.2 Å². The molecule has 16 heavy (non-hydrogen) atoms. The van der Waals surface area contributed by atoms with E-state index in [0.29, 0.717) is 0 Å². The van der Waals surface area contributed by atoms with Crippen molar-refractivity contribution in [1.82, 2.24) is 4.98 Å². The van der Waals surface area contributed by atoms with Crippen molar-refractivity contribution in [3.05, 3.63) is 28.8 Å². The van der Waals surface area contributed by atoms with Gasteiger partial charge in [0.2, 0.25) is 0 Å². The Kier molecular flexibility index (Phi) is 3.02. The van der Waals surface area contributed by atoms with Gasteiger partial charge in [0.05, 0.1) is 15.2 Å². The Morgan fingerprint density at radius 3 is 2.75 bits per heavy atom. The first-order valence-electron chi connectivity index (χ1n) is 5.90. The van der Waals surface area contributed by atoms with E-state index >= 15 is 0 Å². The molecule has 1 nitrogen and oxygen atoms in total. The molecule has 0 atom stereocenters. The molecule has 2 heteroatoms. The maximum Gasteiger partial charge on any atom is 0.0907 e. The minimum absolute atomic E-state index is 0.264. The van der Waals surface area contributed by atoms with Crippen LogP contribution in [-0.4, -0.2) is 4.98 Å². The molecule has 0 saturated carbocycles. The molecule has 0 bridgehead atoms. The van der Waals surface area contributed by atoms with Gasteiger partial charge in [-0.2, -0.15) is 0 Å². The van der Waals surface area contributed by atoms with Crippen molar-refractivity contribution in [2.45, 2.75) is 46.0 Å². The van der Waals surface area contributed by atoms with Gasteiger partial charge in [-0.05, 0) is 36.5 Å². The summed E-state index contributed by atoms with van der Waals surface area (Å²) in [4.78, 5) is 4.57. The van der Waals surface area contributed by atoms with Gasteiger partial charge in [-0.15, -0.1) is 11.3 Å². The van der Waals surface area contributed by atoms with Crippen LogP contribution in [0.5, 0.6) is 0 Å². The lowest BCUT2D eigenvalue weighted by atomic mass is 9.81. The average Bonchev–Trinajstić information content (AvgIpc) is 2.56. The molecule has 0 N–H and O–H groups in total. The highest BCUT2D eigenvalue weighted by molar-refractivity contribution is 7.18. The molecule has 0 amide bonds. The summed E-state index contributed by atoms with van der Waals surface area (Å²) in [5, 5.41) is 1.15. The Labute approximate surface area is 102 Å². The summed E-state index contributed by atoms with van der Waals surface area (Å²) in [7, 11) is 0. The molecule has 0 aliphatic heterocycles. The van der Waals surface area contributed by atoms with E-state index in [2.05, 4.69) is 50.9 Å². The molecule has 2 rings (SSSR count). The molecule has 1 aromatic carbocycles. The maximum atomic E-state index is 4.57. The summed E-state index contributed by atoms with van der Waals surface area (Å²) in [6.45, 7) is 8.95. The standard InChI is InChI=1S/C14H19NS/c1-5-8-14(3,4)11-6-7-13-12(9-11)15-10(2)16-13/h6-7,9H,5,8H2,1-4H3. The second kappa shape index (κ2) is 4.17. The van der Waals surface area contributed by atoms with Crippen molar-refractivity contribution in [1.29, 1.82) is 0 Å². The van der Waals surface area contributed by atoms with Gasteiger partial charge >= 0.3 is 0 Å². The quantitative estimate of drug-likeness (QED) is 0.750. The maximum absolute atomic E-state index is 4.57. The van der Waals surface area contributed by atoms with Crippen LogP contribution in [0.15, 0.2) is 18.2 Å². The highest BCUT2D eigenvalue weighted by Crippen LogP contribution is 2.31. The Hall–Kier alpha value is -0.890. The van der Waals surface area contributed by atoms with Crippen molar-refractivity contribution < 1.29 is 0 Å². The Morgan fingerprint density at radius 2 is 2.06 bits per heavy atom. The third-order valence-corrected chi connectivity index (χ3v) is 4.10. The number of benzene rings is 1. The minimum atomic E-state index is 0.264. The number of hydrogen-bond acceptors (Lipinski definition) is 2. The van der Waals surface area contributed by atoms with Gasteiger partial charge < -0.3 is 0 Å². The van der Waals surface area contributed by atoms with E-state index in [1.165, 1.54) is 23.1 Å². The second-order valence-electron chi connectivity index (χ2n) is 5.05. The van der Waals surface area contributed by atoms with Gasteiger partial charge in [0.15, 0.2) is 0 Å². The van der Waals surface area contributed by atoms with E-state index in [0.717, 1.165) is 10.5 Å². The van der Waals surface area contributed by atoms with E-state index < -0.39 is 0 Å². The number of hydrogen-bond donors (Lipinski definition) is 0. The van der Waals surface area contributed by atoms with Crippen LogP contribution in [0.25, 0.3) is 10.2 Å². The van der Waals surface area contributed by atoms with E-state index in [-0.39, 0.29) is 5.41 Å². The molecule has 0 spiro atoms. The Morgan fingerprint density at radius 1 is 1.31 bits per heavy atom. The highest BCUT2D eigenvalue weighted by atomic mass is 32.1. The summed E-state index contributed by atoms with van der Waals surface area (Å²) in [6, 6.07) is 6.73. The third kappa shape index (κ3) is 2.12. The van der Waals surface area contributed by atoms with E-state index in [4.69, 9.17) is 0 Å². The summed E-state index contributed by atoms with van der Waals surface area (Å²) in [5.41, 5.74) is 2.83. The molecule has 1 aromatic heterocycles. The van der Waals surface area contributed by atoms with Crippen LogP contribution in [0.3, 0.4) is 0 Å². The largest absolute Gasteiger partial charge is 0.242 e. The van der Waals surface area contributed by atoms with E-state index in [9.17, 15) is 0 Å². The zero-order chi connectivity index (χ0) is 11.8. The zero-order valence-electron chi connectivity index (χ0n) is 10.5. The first kappa shape index (κ1) is 11.6. The van der Waals surface area contributed by atoms with Crippen molar-refractivity contribution >= 4 is 21.6 Å². The molecule has 86 valence electrons. The summed E-state index contributed by atoms with van der Waals surface area (Å²) in [5.74, 6) is 0. The van der Waals surface area contributed by atoms with Crippen LogP contribution in [0.4, 0.5) is 0 Å². The van der Waals surface area contributed by atoms with E-state index in [1.54, 1.807) is 11.3 Å². The first-order chi connectivity index (χ1) is 7.53. The number of aromatic nitrogens is 1. The van der Waals surface area contributed by atoms with Crippen molar-refractivity contribution in [3.63, 3.8) is 0 Å². The van der Waals surface area contributed by atoms with E-state index in [1.807, 2.05) is 0 Å². The molecule has 0 aliphatic carbocycles. The first-order valence-corrected chi connectivity index (χ1v) is 6.72. The number of rotatable bonds is 3. The van der Waals surface area contributed by atoms with Gasteiger partial charge in [-0.3, -0.25) is 0 Å². The number of thiazole rings is 1. The number of fused-ring (bicyclic) bond motifs is 1. The summed E-state index contributed by atoms with van der Waals surface area (Å²) in [6.07, 6.45) is 2.45. The topological polar surface area (TPSA) is 12.9 Å². The molecule has 1 heterocycles. The van der Waals surface area contributed by atoms with Gasteiger partial charge in [0.25, 0.3) is 0 Å². The van der Waals surface area contributed by atoms with Crippen LogP contribution < -0.4 is 0 Å². The monoisotopic (exact) mass is 233 g/mol. The summed E-state index contributed by atoms with van der Waals surface area (Å²) < 4.78 is 1.30. The molecule has 0 aliphatic rings. The predicted octanol–water partition coefficient (Wildman–Crippen LogP) is 4.68. The van der Waals surface area contributed by atoms with Gasteiger partial charge in [-0.25, -0.2) is 4.98 Å². The van der Waals surface area contributed by atoms with Crippen molar-refractivity contribution in [2.24, 2.45) is 0 Å². The highest BCUT2D eigenvalue weighted by Gasteiger charge is 2.19. The van der Waals surface area contributed by atoms with Crippen molar-refractivity contribution in [2.75, 3.05) is 0 Å². The van der Waals surface area contributed by atoms with Gasteiger partial charge in [0, 0.05) is 0 Å². The van der Waals surface area contributed by atoms with Gasteiger partial charge in [-0.1, -0.05) is 33.3 Å². The minimum Gasteiger partial charge on any atom is -0.242 e. The van der Waals surface area contributed by atoms with Gasteiger partial charge in [0.1, 0.15) is 0 Å². The van der Waals surface area contributed by atoms with Crippen LogP contribution >= 0.6 is 11.3 Å². The molecule has 0 radical (unpaired) electrons. The molecule has 0 fully saturated rings. The average molecular weight is 233 g/mol. The lowest BCUT2D eigenvalue weighted by molar-refractivity contribution is 0.473. The van der Waals surface area contributed by atoms with Crippen LogP contribution in [0.2, 0.25) is 0 Å². The fraction of sp³-hybridized carbons (Fsp3) is 0.500. The van der Waals surface area contributed by atoms with Crippen LogP contribution in [-0.2, 0) is 5.41 Å². The predicted molar refractivity (Wildman–Crippen MR) is 72.3 cm³/mol. The smallest absolute Gasteiger partial charge is 0.0907 e. The molecule has 2 aromatic rings. The lowest BCUT2D eigenvalue weighted by Gasteiger charge is -2.24. The van der Waals surface area contributed by atoms with Crippen molar-refractivity contribution in [3.8, 4) is 0 Å². The molecular weight excluding hydrogens is 214 g/mol. The molecule has 0 saturated heterocycles. The van der Waals surface area contributed by atoms with Crippen LogP contribution in [0, 0.1) is 6.92 Å².